The Bertz CT molecular complexity index is 449. The van der Waals surface area contributed by atoms with E-state index in [1.165, 1.54) is 32.1 Å². The highest BCUT2D eigenvalue weighted by molar-refractivity contribution is 5.24. The minimum Gasteiger partial charge on any atom is -0.388 e. The summed E-state index contributed by atoms with van der Waals surface area (Å²) in [6.07, 6.45) is 11.4. The van der Waals surface area contributed by atoms with Gasteiger partial charge in [-0.15, -0.1) is 0 Å². The highest BCUT2D eigenvalue weighted by Gasteiger charge is 2.40. The van der Waals surface area contributed by atoms with Crippen molar-refractivity contribution in [2.45, 2.75) is 63.6 Å². The van der Waals surface area contributed by atoms with E-state index in [2.05, 4.69) is 4.98 Å². The van der Waals surface area contributed by atoms with Crippen LogP contribution in [-0.4, -0.2) is 22.3 Å². The third-order valence-electron chi connectivity index (χ3n) is 5.12. The summed E-state index contributed by atoms with van der Waals surface area (Å²) in [5.41, 5.74) is 2.19. The van der Waals surface area contributed by atoms with Gasteiger partial charge in [-0.2, -0.15) is 0 Å². The molecular weight excluding hydrogens is 250 g/mol. The van der Waals surface area contributed by atoms with Crippen LogP contribution in [0.5, 0.6) is 0 Å². The molecule has 0 radical (unpaired) electrons. The lowest BCUT2D eigenvalue weighted by molar-refractivity contribution is -0.134. The van der Waals surface area contributed by atoms with Gasteiger partial charge >= 0.3 is 0 Å². The molecule has 3 nitrogen and oxygen atoms in total. The summed E-state index contributed by atoms with van der Waals surface area (Å²) in [6.45, 7) is 2.83. The van der Waals surface area contributed by atoms with Crippen molar-refractivity contribution in [2.75, 3.05) is 6.61 Å². The maximum atomic E-state index is 10.8. The quantitative estimate of drug-likeness (QED) is 0.897. The second-order valence-electron chi connectivity index (χ2n) is 6.52. The summed E-state index contributed by atoms with van der Waals surface area (Å²) in [5.74, 6) is 0.322. The number of aromatic nitrogens is 1. The molecule has 2 unspecified atom stereocenters. The highest BCUT2D eigenvalue weighted by atomic mass is 16.5. The lowest BCUT2D eigenvalue weighted by Crippen LogP contribution is -2.42. The Labute approximate surface area is 121 Å². The molecule has 0 aromatic carbocycles. The Balaban J connectivity index is 1.75. The average molecular weight is 275 g/mol. The molecule has 1 spiro atoms. The smallest absolute Gasteiger partial charge is 0.0823 e. The van der Waals surface area contributed by atoms with E-state index >= 15 is 0 Å². The van der Waals surface area contributed by atoms with Crippen LogP contribution in [0.1, 0.15) is 62.2 Å². The number of aryl methyl sites for hydroxylation is 1. The van der Waals surface area contributed by atoms with Gasteiger partial charge in [-0.1, -0.05) is 19.3 Å². The van der Waals surface area contributed by atoms with E-state index in [9.17, 15) is 5.11 Å². The van der Waals surface area contributed by atoms with Crippen LogP contribution in [0.25, 0.3) is 0 Å². The van der Waals surface area contributed by atoms with Crippen molar-refractivity contribution in [1.82, 2.24) is 4.98 Å². The molecule has 1 N–H and O–H groups in total. The Morgan fingerprint density at radius 2 is 2.15 bits per heavy atom. The number of aliphatic hydroxyl groups is 1. The standard InChI is InChI=1S/C17H25NO2/c1-13-12-18-9-5-15(13)16(19)14-6-10-20-17(11-14)7-3-2-4-8-17/h5,9,12,14,16,19H,2-4,6-8,10-11H2,1H3. The second kappa shape index (κ2) is 5.82. The summed E-state index contributed by atoms with van der Waals surface area (Å²) in [6, 6.07) is 1.96. The number of pyridine rings is 1. The van der Waals surface area contributed by atoms with E-state index in [4.69, 9.17) is 4.74 Å². The fourth-order valence-electron chi connectivity index (χ4n) is 3.95. The number of aliphatic hydroxyl groups excluding tert-OH is 1. The minimum absolute atomic E-state index is 0.0586. The largest absolute Gasteiger partial charge is 0.388 e. The summed E-state index contributed by atoms with van der Waals surface area (Å²) < 4.78 is 6.13. The van der Waals surface area contributed by atoms with E-state index in [-0.39, 0.29) is 11.7 Å². The molecule has 20 heavy (non-hydrogen) atoms. The molecule has 1 saturated carbocycles. The monoisotopic (exact) mass is 275 g/mol. The number of hydrogen-bond acceptors (Lipinski definition) is 3. The Morgan fingerprint density at radius 1 is 1.35 bits per heavy atom. The average Bonchev–Trinajstić information content (AvgIpc) is 2.48. The highest BCUT2D eigenvalue weighted by Crippen LogP contribution is 2.44. The summed E-state index contributed by atoms with van der Waals surface area (Å²) in [7, 11) is 0. The Hall–Kier alpha value is -0.930. The number of ether oxygens (including phenoxy) is 1. The molecule has 1 aromatic heterocycles. The van der Waals surface area contributed by atoms with Crippen LogP contribution in [0, 0.1) is 12.8 Å². The second-order valence-corrected chi connectivity index (χ2v) is 6.52. The van der Waals surface area contributed by atoms with Gasteiger partial charge in [-0.05, 0) is 55.7 Å². The van der Waals surface area contributed by atoms with Gasteiger partial charge < -0.3 is 9.84 Å². The molecule has 1 saturated heterocycles. The zero-order valence-corrected chi connectivity index (χ0v) is 12.3. The molecule has 3 rings (SSSR count). The van der Waals surface area contributed by atoms with Gasteiger partial charge in [0, 0.05) is 19.0 Å². The normalized spacial score (nSPS) is 27.4. The minimum atomic E-state index is -0.374. The van der Waals surface area contributed by atoms with Crippen molar-refractivity contribution < 1.29 is 9.84 Å². The number of rotatable bonds is 2. The van der Waals surface area contributed by atoms with E-state index in [1.54, 1.807) is 6.20 Å². The number of nitrogens with zero attached hydrogens (tertiary/aromatic N) is 1. The lowest BCUT2D eigenvalue weighted by atomic mass is 9.73. The molecule has 0 bridgehead atoms. The van der Waals surface area contributed by atoms with Crippen molar-refractivity contribution in [3.63, 3.8) is 0 Å². The predicted octanol–water partition coefficient (Wildman–Crippen LogP) is 3.55. The molecule has 3 heteroatoms. The summed E-state index contributed by atoms with van der Waals surface area (Å²) in [5, 5.41) is 10.8. The SMILES string of the molecule is Cc1cnccc1C(O)C1CCOC2(CCCCC2)C1. The van der Waals surface area contributed by atoms with Crippen molar-refractivity contribution in [3.05, 3.63) is 29.6 Å². The molecule has 2 atom stereocenters. The summed E-state index contributed by atoms with van der Waals surface area (Å²) >= 11 is 0. The van der Waals surface area contributed by atoms with Crippen LogP contribution in [0.15, 0.2) is 18.5 Å². The van der Waals surface area contributed by atoms with Crippen LogP contribution in [-0.2, 0) is 4.74 Å². The van der Waals surface area contributed by atoms with Crippen molar-refractivity contribution in [2.24, 2.45) is 5.92 Å². The molecule has 110 valence electrons. The molecular formula is C17H25NO2. The molecule has 2 aliphatic rings. The molecule has 1 aliphatic heterocycles. The Kier molecular flexibility index (Phi) is 4.08. The van der Waals surface area contributed by atoms with E-state index in [0.29, 0.717) is 5.92 Å². The fourth-order valence-corrected chi connectivity index (χ4v) is 3.95. The van der Waals surface area contributed by atoms with Crippen molar-refractivity contribution >= 4 is 0 Å². The third-order valence-corrected chi connectivity index (χ3v) is 5.12. The van der Waals surface area contributed by atoms with E-state index in [1.807, 2.05) is 19.2 Å². The van der Waals surface area contributed by atoms with Gasteiger partial charge in [-0.25, -0.2) is 0 Å². The van der Waals surface area contributed by atoms with Gasteiger partial charge in [0.15, 0.2) is 0 Å². The first-order valence-corrected chi connectivity index (χ1v) is 7.93. The van der Waals surface area contributed by atoms with Crippen LogP contribution >= 0.6 is 0 Å². The zero-order valence-electron chi connectivity index (χ0n) is 12.3. The Morgan fingerprint density at radius 3 is 2.90 bits per heavy atom. The molecule has 1 aromatic rings. The van der Waals surface area contributed by atoms with Crippen LogP contribution in [0.2, 0.25) is 0 Å². The van der Waals surface area contributed by atoms with Gasteiger partial charge in [0.05, 0.1) is 11.7 Å². The van der Waals surface area contributed by atoms with E-state index in [0.717, 1.165) is 30.6 Å². The first kappa shape index (κ1) is 14.0. The number of hydrogen-bond donors (Lipinski definition) is 1. The zero-order chi connectivity index (χ0) is 14.0. The maximum absolute atomic E-state index is 10.8. The van der Waals surface area contributed by atoms with Crippen molar-refractivity contribution in [1.29, 1.82) is 0 Å². The first-order valence-electron chi connectivity index (χ1n) is 7.93. The van der Waals surface area contributed by atoms with Crippen LogP contribution in [0.3, 0.4) is 0 Å². The molecule has 0 amide bonds. The molecule has 1 aliphatic carbocycles. The van der Waals surface area contributed by atoms with Crippen LogP contribution < -0.4 is 0 Å². The van der Waals surface area contributed by atoms with Gasteiger partial charge in [-0.3, -0.25) is 4.98 Å². The fraction of sp³-hybridized carbons (Fsp3) is 0.706. The van der Waals surface area contributed by atoms with Crippen LogP contribution in [0.4, 0.5) is 0 Å². The third kappa shape index (κ3) is 2.75. The summed E-state index contributed by atoms with van der Waals surface area (Å²) in [4.78, 5) is 4.12. The first-order chi connectivity index (χ1) is 9.70. The lowest BCUT2D eigenvalue weighted by Gasteiger charge is -2.44. The van der Waals surface area contributed by atoms with Gasteiger partial charge in [0.25, 0.3) is 0 Å². The van der Waals surface area contributed by atoms with Crippen molar-refractivity contribution in [3.8, 4) is 0 Å². The maximum Gasteiger partial charge on any atom is 0.0823 e. The molecule has 2 heterocycles. The van der Waals surface area contributed by atoms with Gasteiger partial charge in [0.1, 0.15) is 0 Å². The topological polar surface area (TPSA) is 42.4 Å². The predicted molar refractivity (Wildman–Crippen MR) is 78.4 cm³/mol. The van der Waals surface area contributed by atoms with E-state index < -0.39 is 0 Å². The van der Waals surface area contributed by atoms with Gasteiger partial charge in [0.2, 0.25) is 0 Å². The molecule has 2 fully saturated rings.